The average molecular weight is 212 g/mol. The van der Waals surface area contributed by atoms with E-state index in [1.165, 1.54) is 32.4 Å². The Balaban J connectivity index is 1.86. The summed E-state index contributed by atoms with van der Waals surface area (Å²) in [6.45, 7) is 10.2. The number of nitrogens with zero attached hydrogens (tertiary/aromatic N) is 1. The summed E-state index contributed by atoms with van der Waals surface area (Å²) in [6, 6.07) is 0.623. The normalized spacial score (nSPS) is 39.2. The first-order valence-electron chi connectivity index (χ1n) is 6.28. The minimum atomic E-state index is 0.129. The van der Waals surface area contributed by atoms with Crippen molar-refractivity contribution in [1.82, 2.24) is 10.2 Å². The lowest BCUT2D eigenvalue weighted by Gasteiger charge is -2.31. The molecule has 2 aliphatic heterocycles. The van der Waals surface area contributed by atoms with E-state index >= 15 is 0 Å². The second-order valence-electron chi connectivity index (χ2n) is 5.35. The van der Waals surface area contributed by atoms with Gasteiger partial charge in [-0.3, -0.25) is 4.90 Å². The Hall–Kier alpha value is -0.120. The fourth-order valence-corrected chi connectivity index (χ4v) is 2.77. The van der Waals surface area contributed by atoms with Crippen molar-refractivity contribution < 1.29 is 4.74 Å². The van der Waals surface area contributed by atoms with E-state index in [1.807, 2.05) is 0 Å². The average Bonchev–Trinajstić information content (AvgIpc) is 2.49. The maximum absolute atomic E-state index is 5.86. The van der Waals surface area contributed by atoms with Gasteiger partial charge in [0.05, 0.1) is 5.60 Å². The third-order valence-electron chi connectivity index (χ3n) is 3.53. The van der Waals surface area contributed by atoms with Crippen LogP contribution in [0.15, 0.2) is 0 Å². The van der Waals surface area contributed by atoms with Gasteiger partial charge in [0, 0.05) is 25.7 Å². The summed E-state index contributed by atoms with van der Waals surface area (Å²) in [4.78, 5) is 2.57. The van der Waals surface area contributed by atoms with E-state index in [4.69, 9.17) is 4.74 Å². The van der Waals surface area contributed by atoms with E-state index < -0.39 is 0 Å². The molecule has 2 rings (SSSR count). The lowest BCUT2D eigenvalue weighted by Crippen LogP contribution is -2.44. The molecule has 0 aromatic heterocycles. The first-order valence-corrected chi connectivity index (χ1v) is 6.28. The molecule has 0 spiro atoms. The number of hydrogen-bond acceptors (Lipinski definition) is 3. The van der Waals surface area contributed by atoms with Gasteiger partial charge in [0.15, 0.2) is 0 Å². The van der Waals surface area contributed by atoms with Crippen LogP contribution in [0.4, 0.5) is 0 Å². The van der Waals surface area contributed by atoms with Crippen LogP contribution < -0.4 is 5.32 Å². The van der Waals surface area contributed by atoms with E-state index in [0.29, 0.717) is 6.04 Å². The summed E-state index contributed by atoms with van der Waals surface area (Å²) < 4.78 is 5.86. The number of nitrogens with one attached hydrogen (secondary N) is 1. The molecule has 2 fully saturated rings. The van der Waals surface area contributed by atoms with Crippen LogP contribution in [-0.2, 0) is 4.74 Å². The highest BCUT2D eigenvalue weighted by Gasteiger charge is 2.32. The Kier molecular flexibility index (Phi) is 3.65. The molecule has 0 amide bonds. The quantitative estimate of drug-likeness (QED) is 0.745. The van der Waals surface area contributed by atoms with Gasteiger partial charge in [0.25, 0.3) is 0 Å². The van der Waals surface area contributed by atoms with Gasteiger partial charge in [-0.2, -0.15) is 0 Å². The summed E-state index contributed by atoms with van der Waals surface area (Å²) in [6.07, 6.45) is 3.73. The SMILES string of the molecule is CC1CN(CC2(C)CCCO2)CCCN1. The Morgan fingerprint density at radius 1 is 1.47 bits per heavy atom. The Morgan fingerprint density at radius 3 is 3.07 bits per heavy atom. The second-order valence-corrected chi connectivity index (χ2v) is 5.35. The second kappa shape index (κ2) is 4.81. The van der Waals surface area contributed by atoms with Crippen LogP contribution in [0.1, 0.15) is 33.1 Å². The molecule has 2 unspecified atom stereocenters. The summed E-state index contributed by atoms with van der Waals surface area (Å²) in [5.74, 6) is 0. The molecular weight excluding hydrogens is 188 g/mol. The smallest absolute Gasteiger partial charge is 0.0781 e. The van der Waals surface area contributed by atoms with Gasteiger partial charge in [-0.15, -0.1) is 0 Å². The predicted molar refractivity (Wildman–Crippen MR) is 62.1 cm³/mol. The maximum Gasteiger partial charge on any atom is 0.0781 e. The molecule has 3 heteroatoms. The van der Waals surface area contributed by atoms with Crippen molar-refractivity contribution in [2.24, 2.45) is 0 Å². The third kappa shape index (κ3) is 3.16. The molecule has 0 radical (unpaired) electrons. The molecule has 3 nitrogen and oxygen atoms in total. The van der Waals surface area contributed by atoms with Gasteiger partial charge in [-0.05, 0) is 46.2 Å². The van der Waals surface area contributed by atoms with Crippen molar-refractivity contribution in [2.45, 2.75) is 44.8 Å². The molecule has 0 saturated carbocycles. The van der Waals surface area contributed by atoms with E-state index in [9.17, 15) is 0 Å². The Bertz CT molecular complexity index is 202. The van der Waals surface area contributed by atoms with E-state index in [-0.39, 0.29) is 5.60 Å². The summed E-state index contributed by atoms with van der Waals surface area (Å²) in [5, 5.41) is 3.53. The molecule has 2 aliphatic rings. The van der Waals surface area contributed by atoms with Crippen molar-refractivity contribution in [3.05, 3.63) is 0 Å². The van der Waals surface area contributed by atoms with Gasteiger partial charge in [0.2, 0.25) is 0 Å². The van der Waals surface area contributed by atoms with Gasteiger partial charge in [-0.1, -0.05) is 0 Å². The van der Waals surface area contributed by atoms with E-state index in [2.05, 4.69) is 24.1 Å². The highest BCUT2D eigenvalue weighted by atomic mass is 16.5. The van der Waals surface area contributed by atoms with E-state index in [1.54, 1.807) is 0 Å². The minimum absolute atomic E-state index is 0.129. The Labute approximate surface area is 93.2 Å². The van der Waals surface area contributed by atoms with Crippen molar-refractivity contribution in [3.63, 3.8) is 0 Å². The molecule has 15 heavy (non-hydrogen) atoms. The summed E-state index contributed by atoms with van der Waals surface area (Å²) in [7, 11) is 0. The lowest BCUT2D eigenvalue weighted by atomic mass is 10.0. The monoisotopic (exact) mass is 212 g/mol. The zero-order valence-corrected chi connectivity index (χ0v) is 10.1. The van der Waals surface area contributed by atoms with Gasteiger partial charge in [-0.25, -0.2) is 0 Å². The number of rotatable bonds is 2. The summed E-state index contributed by atoms with van der Waals surface area (Å²) in [5.41, 5.74) is 0.129. The molecule has 0 aromatic rings. The molecule has 0 aliphatic carbocycles. The van der Waals surface area contributed by atoms with Crippen LogP contribution >= 0.6 is 0 Å². The molecule has 1 N–H and O–H groups in total. The van der Waals surface area contributed by atoms with Crippen LogP contribution in [0.3, 0.4) is 0 Å². The van der Waals surface area contributed by atoms with Gasteiger partial charge >= 0.3 is 0 Å². The highest BCUT2D eigenvalue weighted by molar-refractivity contribution is 4.85. The van der Waals surface area contributed by atoms with Crippen LogP contribution in [-0.4, -0.2) is 49.3 Å². The fourth-order valence-electron chi connectivity index (χ4n) is 2.77. The van der Waals surface area contributed by atoms with Gasteiger partial charge in [0.1, 0.15) is 0 Å². The van der Waals surface area contributed by atoms with Gasteiger partial charge < -0.3 is 10.1 Å². The highest BCUT2D eigenvalue weighted by Crippen LogP contribution is 2.26. The maximum atomic E-state index is 5.86. The van der Waals surface area contributed by atoms with Crippen LogP contribution in [0.2, 0.25) is 0 Å². The molecule has 2 saturated heterocycles. The van der Waals surface area contributed by atoms with E-state index in [0.717, 1.165) is 19.7 Å². The van der Waals surface area contributed by atoms with Crippen molar-refractivity contribution in [3.8, 4) is 0 Å². The molecular formula is C12H24N2O. The first-order chi connectivity index (χ1) is 7.18. The largest absolute Gasteiger partial charge is 0.374 e. The molecule has 0 aromatic carbocycles. The van der Waals surface area contributed by atoms with Crippen molar-refractivity contribution in [2.75, 3.05) is 32.8 Å². The standard InChI is InChI=1S/C12H24N2O/c1-11-9-14(7-4-6-13-11)10-12(2)5-3-8-15-12/h11,13H,3-10H2,1-2H3. The number of ether oxygens (including phenoxy) is 1. The number of hydrogen-bond donors (Lipinski definition) is 1. The fraction of sp³-hybridized carbons (Fsp3) is 1.00. The molecule has 2 heterocycles. The van der Waals surface area contributed by atoms with Crippen LogP contribution in [0, 0.1) is 0 Å². The predicted octanol–water partition coefficient (Wildman–Crippen LogP) is 1.24. The van der Waals surface area contributed by atoms with Crippen molar-refractivity contribution >= 4 is 0 Å². The molecule has 88 valence electrons. The lowest BCUT2D eigenvalue weighted by molar-refractivity contribution is -0.00880. The molecule has 0 bridgehead atoms. The first kappa shape index (κ1) is 11.4. The zero-order valence-electron chi connectivity index (χ0n) is 10.1. The van der Waals surface area contributed by atoms with Crippen LogP contribution in [0.5, 0.6) is 0 Å². The summed E-state index contributed by atoms with van der Waals surface area (Å²) >= 11 is 0. The van der Waals surface area contributed by atoms with Crippen LogP contribution in [0.25, 0.3) is 0 Å². The van der Waals surface area contributed by atoms with Crippen molar-refractivity contribution in [1.29, 1.82) is 0 Å². The minimum Gasteiger partial charge on any atom is -0.374 e. The molecule has 2 atom stereocenters. The topological polar surface area (TPSA) is 24.5 Å². The Morgan fingerprint density at radius 2 is 2.33 bits per heavy atom. The zero-order chi connectivity index (χ0) is 10.7. The third-order valence-corrected chi connectivity index (χ3v) is 3.53.